The van der Waals surface area contributed by atoms with Crippen molar-refractivity contribution in [2.45, 2.75) is 24.7 Å². The average Bonchev–Trinajstić information content (AvgIpc) is 2.66. The van der Waals surface area contributed by atoms with Crippen LogP contribution >= 0.6 is 23.2 Å². The molecule has 0 aliphatic heterocycles. The van der Waals surface area contributed by atoms with E-state index in [0.717, 1.165) is 11.1 Å². The molecule has 0 spiro atoms. The largest absolute Gasteiger partial charge is 0.479 e. The van der Waals surface area contributed by atoms with Gasteiger partial charge in [0.25, 0.3) is 0 Å². The molecule has 156 valence electrons. The molecule has 0 saturated heterocycles. The van der Waals surface area contributed by atoms with Gasteiger partial charge in [-0.05, 0) is 41.3 Å². The van der Waals surface area contributed by atoms with Crippen LogP contribution in [0.1, 0.15) is 5.56 Å². The van der Waals surface area contributed by atoms with Gasteiger partial charge < -0.3 is 25.4 Å². The molecule has 0 heterocycles. The maximum atomic E-state index is 11.8. The molecule has 0 fully saturated rings. The minimum atomic E-state index is -2.05. The van der Waals surface area contributed by atoms with E-state index in [1.807, 2.05) is 12.1 Å². The summed E-state index contributed by atoms with van der Waals surface area (Å²) >= 11 is 12.1. The van der Waals surface area contributed by atoms with Crippen LogP contribution in [0.15, 0.2) is 42.5 Å². The second kappa shape index (κ2) is 10.6. The van der Waals surface area contributed by atoms with Crippen molar-refractivity contribution in [2.24, 2.45) is 0 Å². The first-order valence-electron chi connectivity index (χ1n) is 8.64. The predicted molar refractivity (Wildman–Crippen MR) is 109 cm³/mol. The van der Waals surface area contributed by atoms with Gasteiger partial charge in [-0.2, -0.15) is 0 Å². The number of carbonyl (C=O) groups excluding carboxylic acids is 1. The summed E-state index contributed by atoms with van der Waals surface area (Å²) in [5, 5.41) is 32.3. The molecular weight excluding hydrogens is 421 g/mol. The summed E-state index contributed by atoms with van der Waals surface area (Å²) in [4.78, 5) is 22.8. The molecule has 1 amide bonds. The Kier molecular flexibility index (Phi) is 8.43. The van der Waals surface area contributed by atoms with Crippen molar-refractivity contribution in [1.29, 1.82) is 0 Å². The van der Waals surface area contributed by atoms with Crippen LogP contribution in [0, 0.1) is 0 Å². The number of benzene rings is 2. The number of carbonyl (C=O) groups is 2. The number of carboxylic acid groups (broad SMARTS) is 1. The Morgan fingerprint density at radius 1 is 1.03 bits per heavy atom. The van der Waals surface area contributed by atoms with Gasteiger partial charge in [0.2, 0.25) is 5.91 Å². The predicted octanol–water partition coefficient (Wildman–Crippen LogP) is 2.14. The van der Waals surface area contributed by atoms with E-state index in [1.54, 1.807) is 30.3 Å². The summed E-state index contributed by atoms with van der Waals surface area (Å²) in [5.74, 6) is -2.13. The molecule has 2 rings (SSSR count). The lowest BCUT2D eigenvalue weighted by molar-refractivity contribution is -0.154. The fourth-order valence-corrected chi connectivity index (χ4v) is 3.34. The fraction of sp³-hybridized carbons (Fsp3) is 0.300. The number of aliphatic carboxylic acids is 1. The first-order chi connectivity index (χ1) is 13.7. The minimum Gasteiger partial charge on any atom is -0.479 e. The molecule has 9 heteroatoms. The molecule has 29 heavy (non-hydrogen) atoms. The van der Waals surface area contributed by atoms with E-state index in [0.29, 0.717) is 15.6 Å². The third kappa shape index (κ3) is 6.69. The second-order valence-corrected chi connectivity index (χ2v) is 7.31. The van der Waals surface area contributed by atoms with E-state index >= 15 is 0 Å². The number of nitrogens with one attached hydrogen (secondary N) is 1. The molecule has 0 saturated carbocycles. The van der Waals surface area contributed by atoms with Crippen LogP contribution in [0.3, 0.4) is 0 Å². The highest BCUT2D eigenvalue weighted by molar-refractivity contribution is 6.35. The second-order valence-electron chi connectivity index (χ2n) is 6.44. The number of aliphatic hydroxyl groups is 2. The Morgan fingerprint density at radius 3 is 2.14 bits per heavy atom. The van der Waals surface area contributed by atoms with Crippen molar-refractivity contribution in [1.82, 2.24) is 5.32 Å². The number of carboxylic acids is 1. The monoisotopic (exact) mass is 441 g/mol. The van der Waals surface area contributed by atoms with Crippen LogP contribution in [-0.2, 0) is 20.7 Å². The van der Waals surface area contributed by atoms with Crippen LogP contribution in [0.2, 0.25) is 10.0 Å². The van der Waals surface area contributed by atoms with Crippen LogP contribution in [0.25, 0.3) is 11.1 Å². The van der Waals surface area contributed by atoms with Gasteiger partial charge in [0, 0.05) is 17.2 Å². The van der Waals surface area contributed by atoms with Crippen molar-refractivity contribution in [2.75, 3.05) is 13.7 Å². The van der Waals surface area contributed by atoms with Crippen LogP contribution < -0.4 is 5.32 Å². The number of hydrogen-bond donors (Lipinski definition) is 4. The van der Waals surface area contributed by atoms with Crippen LogP contribution in [0.4, 0.5) is 0 Å². The Balaban J connectivity index is 2.20. The lowest BCUT2D eigenvalue weighted by atomic mass is 9.96. The fourth-order valence-electron chi connectivity index (χ4n) is 2.81. The highest BCUT2D eigenvalue weighted by Crippen LogP contribution is 2.27. The molecule has 3 atom stereocenters. The summed E-state index contributed by atoms with van der Waals surface area (Å²) in [5.41, 5.74) is 2.38. The van der Waals surface area contributed by atoms with E-state index in [1.165, 1.54) is 7.11 Å². The lowest BCUT2D eigenvalue weighted by Gasteiger charge is -2.26. The Hall–Kier alpha value is -2.16. The molecular formula is C20H21Cl2NO6. The number of hydrogen-bond acceptors (Lipinski definition) is 5. The zero-order chi connectivity index (χ0) is 21.6. The zero-order valence-electron chi connectivity index (χ0n) is 15.5. The van der Waals surface area contributed by atoms with E-state index in [9.17, 15) is 19.8 Å². The maximum Gasteiger partial charge on any atom is 0.335 e. The van der Waals surface area contributed by atoms with Gasteiger partial charge in [0.05, 0.1) is 6.04 Å². The van der Waals surface area contributed by atoms with Crippen molar-refractivity contribution < 1.29 is 29.6 Å². The number of amides is 1. The van der Waals surface area contributed by atoms with Gasteiger partial charge in [-0.15, -0.1) is 0 Å². The van der Waals surface area contributed by atoms with E-state index < -0.39 is 30.1 Å². The highest BCUT2D eigenvalue weighted by atomic mass is 35.5. The third-order valence-electron chi connectivity index (χ3n) is 4.22. The highest BCUT2D eigenvalue weighted by Gasteiger charge is 2.32. The quantitative estimate of drug-likeness (QED) is 0.473. The van der Waals surface area contributed by atoms with Gasteiger partial charge in [-0.3, -0.25) is 4.79 Å². The third-order valence-corrected chi connectivity index (χ3v) is 4.65. The summed E-state index contributed by atoms with van der Waals surface area (Å²) in [6.45, 7) is -0.263. The summed E-state index contributed by atoms with van der Waals surface area (Å²) in [7, 11) is 1.33. The number of methoxy groups -OCH3 is 1. The first-order valence-corrected chi connectivity index (χ1v) is 9.39. The lowest BCUT2D eigenvalue weighted by Crippen LogP contribution is -2.52. The number of ether oxygens (including phenoxy) is 1. The summed E-state index contributed by atoms with van der Waals surface area (Å²) in [6, 6.07) is 11.3. The minimum absolute atomic E-state index is 0.0948. The number of rotatable bonds is 9. The van der Waals surface area contributed by atoms with Crippen molar-refractivity contribution in [3.05, 3.63) is 58.1 Å². The van der Waals surface area contributed by atoms with Crippen molar-refractivity contribution in [3.63, 3.8) is 0 Å². The van der Waals surface area contributed by atoms with Gasteiger partial charge >= 0.3 is 5.97 Å². The van der Waals surface area contributed by atoms with Gasteiger partial charge in [-0.25, -0.2) is 4.79 Å². The maximum absolute atomic E-state index is 11.8. The molecule has 0 aliphatic carbocycles. The van der Waals surface area contributed by atoms with Gasteiger partial charge in [0.15, 0.2) is 6.10 Å². The Bertz CT molecular complexity index is 838. The molecule has 0 radical (unpaired) electrons. The normalized spacial score (nSPS) is 14.1. The average molecular weight is 442 g/mol. The smallest absolute Gasteiger partial charge is 0.335 e. The first kappa shape index (κ1) is 23.1. The molecule has 4 N–H and O–H groups in total. The van der Waals surface area contributed by atoms with Crippen molar-refractivity contribution in [3.8, 4) is 11.1 Å². The molecule has 0 bridgehead atoms. The van der Waals surface area contributed by atoms with Crippen LogP contribution in [0.5, 0.6) is 0 Å². The van der Waals surface area contributed by atoms with Gasteiger partial charge in [0.1, 0.15) is 12.7 Å². The Morgan fingerprint density at radius 2 is 1.62 bits per heavy atom. The SMILES string of the molecule is COCC(=O)N[C@@H](Cc1ccc(-c2cc(Cl)cc(Cl)c2)cc1)[C@H](O)[C@H](O)C(=O)O. The summed E-state index contributed by atoms with van der Waals surface area (Å²) < 4.78 is 4.73. The molecule has 0 unspecified atom stereocenters. The number of aliphatic hydroxyl groups excluding tert-OH is 2. The molecule has 0 aliphatic rings. The standard InChI is InChI=1S/C20H21Cl2NO6/c1-29-10-17(24)23-16(18(25)19(26)20(27)28)6-11-2-4-12(5-3-11)13-7-14(21)9-15(22)8-13/h2-5,7-9,16,18-19,25-26H,6,10H2,1H3,(H,23,24)(H,27,28)/t16-,18-,19-/m0/s1. The zero-order valence-corrected chi connectivity index (χ0v) is 17.0. The topological polar surface area (TPSA) is 116 Å². The molecule has 2 aromatic carbocycles. The van der Waals surface area contributed by atoms with Gasteiger partial charge in [-0.1, -0.05) is 47.5 Å². The van der Waals surface area contributed by atoms with E-state index in [-0.39, 0.29) is 13.0 Å². The molecule has 7 nitrogen and oxygen atoms in total. The van der Waals surface area contributed by atoms with Crippen molar-refractivity contribution >= 4 is 35.1 Å². The molecule has 2 aromatic rings. The summed E-state index contributed by atoms with van der Waals surface area (Å²) in [6.07, 6.45) is -3.66. The Labute approximate surface area is 177 Å². The van der Waals surface area contributed by atoms with E-state index in [2.05, 4.69) is 5.32 Å². The molecule has 0 aromatic heterocycles. The van der Waals surface area contributed by atoms with E-state index in [4.69, 9.17) is 33.0 Å². The number of halogens is 2. The van der Waals surface area contributed by atoms with Crippen LogP contribution in [-0.4, -0.2) is 59.2 Å².